The molecule has 1 aromatic heterocycles. The monoisotopic (exact) mass is 519 g/mol. The van der Waals surface area contributed by atoms with Gasteiger partial charge < -0.3 is 14.4 Å². The smallest absolute Gasteiger partial charge is 0.309 e. The highest BCUT2D eigenvalue weighted by Crippen LogP contribution is 2.45. The molecule has 1 aliphatic rings. The Labute approximate surface area is 221 Å². The van der Waals surface area contributed by atoms with Gasteiger partial charge in [-0.05, 0) is 37.0 Å². The number of aryl methyl sites for hydroxylation is 1. The molecule has 0 spiro atoms. The van der Waals surface area contributed by atoms with E-state index in [0.717, 1.165) is 6.42 Å². The van der Waals surface area contributed by atoms with Crippen LogP contribution < -0.4 is 0 Å². The van der Waals surface area contributed by atoms with Gasteiger partial charge >= 0.3 is 11.9 Å². The number of aliphatic carboxylic acids is 1. The van der Waals surface area contributed by atoms with Crippen molar-refractivity contribution in [2.24, 2.45) is 34.5 Å². The first-order valence-corrected chi connectivity index (χ1v) is 13.5. The molecule has 4 atom stereocenters. The Balaban J connectivity index is 2.13. The molecule has 2 heterocycles. The van der Waals surface area contributed by atoms with Crippen LogP contribution in [-0.4, -0.2) is 56.5 Å². The number of imide groups is 1. The molecule has 208 valence electrons. The molecule has 0 aliphatic carbocycles. The number of rotatable bonds is 15. The van der Waals surface area contributed by atoms with Crippen molar-refractivity contribution in [1.82, 2.24) is 14.5 Å². The summed E-state index contributed by atoms with van der Waals surface area (Å²) in [6.45, 7) is 14.3. The van der Waals surface area contributed by atoms with Crippen LogP contribution in [0, 0.1) is 34.5 Å². The lowest BCUT2D eigenvalue weighted by Crippen LogP contribution is -2.40. The van der Waals surface area contributed by atoms with Gasteiger partial charge in [-0.3, -0.25) is 24.1 Å². The van der Waals surface area contributed by atoms with Crippen molar-refractivity contribution in [3.8, 4) is 0 Å². The van der Waals surface area contributed by atoms with Crippen LogP contribution in [0.2, 0.25) is 0 Å². The van der Waals surface area contributed by atoms with Gasteiger partial charge in [-0.1, -0.05) is 54.4 Å². The van der Waals surface area contributed by atoms with Crippen molar-refractivity contribution in [2.45, 2.75) is 87.1 Å². The molecule has 37 heavy (non-hydrogen) atoms. The zero-order valence-corrected chi connectivity index (χ0v) is 23.5. The van der Waals surface area contributed by atoms with E-state index >= 15 is 0 Å². The van der Waals surface area contributed by atoms with Crippen molar-refractivity contribution in [1.29, 1.82) is 0 Å². The predicted octanol–water partition coefficient (Wildman–Crippen LogP) is 4.41. The van der Waals surface area contributed by atoms with Gasteiger partial charge in [0.05, 0.1) is 36.6 Å². The SMILES string of the molecule is CCOC(=O)C(C)C(C(=O)O)C(C)(C)CCCC1C(=O)N(CCCn2ccnc2)C(=O)C1C(C)(C)CC. The number of carbonyl (C=O) groups is 4. The molecule has 2 rings (SSSR count). The number of carboxylic acid groups (broad SMARTS) is 1. The molecule has 2 amide bonds. The van der Waals surface area contributed by atoms with Gasteiger partial charge in [0, 0.05) is 25.5 Å². The molecule has 0 radical (unpaired) electrons. The number of likely N-dealkylation sites (tertiary alicyclic amines) is 1. The van der Waals surface area contributed by atoms with E-state index in [1.807, 2.05) is 45.4 Å². The number of aromatic nitrogens is 2. The number of amides is 2. The summed E-state index contributed by atoms with van der Waals surface area (Å²) in [7, 11) is 0. The second-order valence-corrected chi connectivity index (χ2v) is 11.6. The van der Waals surface area contributed by atoms with Gasteiger partial charge in [0.1, 0.15) is 0 Å². The first-order chi connectivity index (χ1) is 17.3. The van der Waals surface area contributed by atoms with Crippen molar-refractivity contribution >= 4 is 23.8 Å². The van der Waals surface area contributed by atoms with Gasteiger partial charge in [0.15, 0.2) is 0 Å². The van der Waals surface area contributed by atoms with Gasteiger partial charge in [-0.15, -0.1) is 0 Å². The standard InChI is InChI=1S/C28H45N3O6/c1-8-27(4,5)22-20(23(32)31(24(22)33)16-11-15-30-17-14-29-18-30)12-10-13-28(6,7)21(25(34)35)19(3)26(36)37-9-2/h14,17-22H,8-13,15-16H2,1-7H3,(H,34,35). The average Bonchev–Trinajstić information content (AvgIpc) is 3.41. The lowest BCUT2D eigenvalue weighted by Gasteiger charge is -2.35. The molecule has 0 bridgehead atoms. The zero-order valence-electron chi connectivity index (χ0n) is 23.5. The summed E-state index contributed by atoms with van der Waals surface area (Å²) in [5.41, 5.74) is -1.04. The zero-order chi connectivity index (χ0) is 28.0. The predicted molar refractivity (Wildman–Crippen MR) is 139 cm³/mol. The molecular formula is C28H45N3O6. The summed E-state index contributed by atoms with van der Waals surface area (Å²) in [5, 5.41) is 9.93. The second kappa shape index (κ2) is 12.7. The summed E-state index contributed by atoms with van der Waals surface area (Å²) in [5.74, 6) is -4.34. The summed E-state index contributed by atoms with van der Waals surface area (Å²) in [4.78, 5) is 56.8. The second-order valence-electron chi connectivity index (χ2n) is 11.6. The van der Waals surface area contributed by atoms with E-state index in [9.17, 15) is 24.3 Å². The summed E-state index contributed by atoms with van der Waals surface area (Å²) in [6.07, 6.45) is 8.27. The van der Waals surface area contributed by atoms with Crippen LogP contribution in [0.4, 0.5) is 0 Å². The first-order valence-electron chi connectivity index (χ1n) is 13.5. The molecule has 1 aliphatic heterocycles. The molecule has 1 saturated heterocycles. The topological polar surface area (TPSA) is 119 Å². The van der Waals surface area contributed by atoms with Crippen LogP contribution in [-0.2, 0) is 30.5 Å². The Bertz CT molecular complexity index is 940. The Morgan fingerprint density at radius 1 is 1.11 bits per heavy atom. The Morgan fingerprint density at radius 2 is 1.78 bits per heavy atom. The number of nitrogens with zero attached hydrogens (tertiary/aromatic N) is 3. The fourth-order valence-electron chi connectivity index (χ4n) is 5.80. The van der Waals surface area contributed by atoms with Gasteiger partial charge in [0.2, 0.25) is 11.8 Å². The lowest BCUT2D eigenvalue weighted by atomic mass is 9.67. The van der Waals surface area contributed by atoms with Crippen LogP contribution in [0.3, 0.4) is 0 Å². The van der Waals surface area contributed by atoms with Crippen LogP contribution in [0.1, 0.15) is 80.6 Å². The van der Waals surface area contributed by atoms with E-state index in [0.29, 0.717) is 38.8 Å². The maximum absolute atomic E-state index is 13.5. The minimum Gasteiger partial charge on any atom is -0.481 e. The summed E-state index contributed by atoms with van der Waals surface area (Å²) in [6, 6.07) is 0. The Kier molecular flexibility index (Phi) is 10.5. The highest BCUT2D eigenvalue weighted by molar-refractivity contribution is 6.05. The highest BCUT2D eigenvalue weighted by atomic mass is 16.5. The highest BCUT2D eigenvalue weighted by Gasteiger charge is 2.52. The van der Waals surface area contributed by atoms with Crippen LogP contribution in [0.15, 0.2) is 18.7 Å². The van der Waals surface area contributed by atoms with E-state index in [2.05, 4.69) is 4.98 Å². The third kappa shape index (κ3) is 7.20. The summed E-state index contributed by atoms with van der Waals surface area (Å²) < 4.78 is 7.00. The van der Waals surface area contributed by atoms with Crippen LogP contribution in [0.25, 0.3) is 0 Å². The van der Waals surface area contributed by atoms with E-state index in [-0.39, 0.29) is 23.8 Å². The molecule has 4 unspecified atom stereocenters. The van der Waals surface area contributed by atoms with Crippen molar-refractivity contribution in [2.75, 3.05) is 13.2 Å². The third-order valence-corrected chi connectivity index (χ3v) is 8.23. The Hall–Kier alpha value is -2.71. The maximum Gasteiger partial charge on any atom is 0.309 e. The molecule has 0 saturated carbocycles. The Morgan fingerprint density at radius 3 is 2.32 bits per heavy atom. The molecule has 0 aromatic carbocycles. The van der Waals surface area contributed by atoms with Crippen molar-refractivity contribution in [3.63, 3.8) is 0 Å². The first kappa shape index (κ1) is 30.5. The number of esters is 1. The molecule has 9 nitrogen and oxygen atoms in total. The number of hydrogen-bond acceptors (Lipinski definition) is 6. The molecule has 1 N–H and O–H groups in total. The normalized spacial score (nSPS) is 20.2. The van der Waals surface area contributed by atoms with Gasteiger partial charge in [0.25, 0.3) is 0 Å². The molecule has 9 heteroatoms. The largest absolute Gasteiger partial charge is 0.481 e. The lowest BCUT2D eigenvalue weighted by molar-refractivity contribution is -0.161. The van der Waals surface area contributed by atoms with Gasteiger partial charge in [-0.25, -0.2) is 4.98 Å². The quantitative estimate of drug-likeness (QED) is 0.269. The number of carboxylic acids is 1. The van der Waals surface area contributed by atoms with E-state index in [1.165, 1.54) is 4.90 Å². The fourth-order valence-corrected chi connectivity index (χ4v) is 5.80. The molecule has 1 fully saturated rings. The maximum atomic E-state index is 13.5. The number of ether oxygens (including phenoxy) is 1. The van der Waals surface area contributed by atoms with Gasteiger partial charge in [-0.2, -0.15) is 0 Å². The number of carbonyl (C=O) groups excluding carboxylic acids is 3. The molecule has 1 aromatic rings. The van der Waals surface area contributed by atoms with Crippen LogP contribution >= 0.6 is 0 Å². The number of imidazole rings is 1. The van der Waals surface area contributed by atoms with E-state index in [4.69, 9.17) is 4.74 Å². The summed E-state index contributed by atoms with van der Waals surface area (Å²) >= 11 is 0. The number of hydrogen-bond donors (Lipinski definition) is 1. The molecular weight excluding hydrogens is 474 g/mol. The third-order valence-electron chi connectivity index (χ3n) is 8.23. The average molecular weight is 520 g/mol. The van der Waals surface area contributed by atoms with Crippen molar-refractivity contribution < 1.29 is 29.0 Å². The minimum atomic E-state index is -1.04. The van der Waals surface area contributed by atoms with Crippen LogP contribution in [0.5, 0.6) is 0 Å². The van der Waals surface area contributed by atoms with E-state index in [1.54, 1.807) is 26.4 Å². The van der Waals surface area contributed by atoms with Crippen molar-refractivity contribution in [3.05, 3.63) is 18.7 Å². The fraction of sp³-hybridized carbons (Fsp3) is 0.750. The van der Waals surface area contributed by atoms with E-state index < -0.39 is 41.0 Å². The minimum absolute atomic E-state index is 0.105.